The van der Waals surface area contributed by atoms with Crippen LogP contribution in [0.25, 0.3) is 21.5 Å². The van der Waals surface area contributed by atoms with Gasteiger partial charge in [-0.1, -0.05) is 64.0 Å². The molecule has 5 unspecified atom stereocenters. The number of rotatable bonds is 11. The van der Waals surface area contributed by atoms with Crippen molar-refractivity contribution in [1.82, 2.24) is 24.9 Å². The maximum Gasteiger partial charge on any atom is 0.334 e. The Morgan fingerprint density at radius 2 is 1.84 bits per heavy atom. The van der Waals surface area contributed by atoms with Crippen LogP contribution in [0.1, 0.15) is 136 Å². The van der Waals surface area contributed by atoms with Gasteiger partial charge in [0.2, 0.25) is 27.7 Å². The number of aromatic nitrogens is 2. The highest BCUT2D eigenvalue weighted by Gasteiger charge is 2.63. The lowest BCUT2D eigenvalue weighted by atomic mass is 9.83. The molecule has 1 aromatic carbocycles. The number of hydrogen-bond donors (Lipinski definition) is 2. The molecular weight excluding hydrogens is 851 g/mol. The first-order valence-corrected chi connectivity index (χ1v) is 25.5. The molecule has 5 atom stereocenters. The first-order valence-electron chi connectivity index (χ1n) is 23.1. The fourth-order valence-electron chi connectivity index (χ4n) is 9.17. The highest BCUT2D eigenvalue weighted by atomic mass is 32.2. The number of fused-ring (bicyclic) bond motifs is 3. The van der Waals surface area contributed by atoms with Gasteiger partial charge in [-0.2, -0.15) is 0 Å². The van der Waals surface area contributed by atoms with Crippen LogP contribution in [0, 0.1) is 17.8 Å². The van der Waals surface area contributed by atoms with Crippen molar-refractivity contribution in [3.05, 3.63) is 65.2 Å². The second-order valence-corrected chi connectivity index (χ2v) is 23.5. The minimum atomic E-state index is -4.01. The number of ether oxygens (including phenoxy) is 2. The Morgan fingerprint density at radius 1 is 1.08 bits per heavy atom. The fourth-order valence-corrected chi connectivity index (χ4v) is 11.4. The second kappa shape index (κ2) is 17.6. The van der Waals surface area contributed by atoms with E-state index in [2.05, 4.69) is 41.9 Å². The lowest BCUT2D eigenvalue weighted by Crippen LogP contribution is -2.57. The van der Waals surface area contributed by atoms with Crippen LogP contribution in [0.15, 0.2) is 53.9 Å². The third kappa shape index (κ3) is 9.52. The van der Waals surface area contributed by atoms with E-state index in [0.717, 1.165) is 58.4 Å². The van der Waals surface area contributed by atoms with Crippen molar-refractivity contribution < 1.29 is 37.1 Å². The number of thiazole rings is 1. The predicted molar refractivity (Wildman–Crippen MR) is 247 cm³/mol. The maximum absolute atomic E-state index is 15.0. The number of amides is 3. The van der Waals surface area contributed by atoms with Gasteiger partial charge in [0.1, 0.15) is 28.3 Å². The number of pyridine rings is 1. The van der Waals surface area contributed by atoms with Gasteiger partial charge in [-0.25, -0.2) is 23.2 Å². The van der Waals surface area contributed by atoms with Crippen molar-refractivity contribution in [2.45, 2.75) is 159 Å². The number of nitrogens with zero attached hydrogens (tertiary/aromatic N) is 3. The molecule has 0 radical (unpaired) electrons. The Morgan fingerprint density at radius 3 is 2.53 bits per heavy atom. The van der Waals surface area contributed by atoms with Crippen molar-refractivity contribution in [2.75, 3.05) is 6.54 Å². The van der Waals surface area contributed by atoms with Crippen molar-refractivity contribution in [2.24, 2.45) is 17.8 Å². The first-order chi connectivity index (χ1) is 30.3. The van der Waals surface area contributed by atoms with E-state index in [9.17, 15) is 22.8 Å². The van der Waals surface area contributed by atoms with Crippen LogP contribution < -0.4 is 14.8 Å². The number of carbonyl (C=O) groups excluding carboxylic acids is 4. The van der Waals surface area contributed by atoms with E-state index in [1.54, 1.807) is 39.0 Å². The minimum absolute atomic E-state index is 0.00939. The number of esters is 1. The van der Waals surface area contributed by atoms with Gasteiger partial charge in [0.25, 0.3) is 5.91 Å². The van der Waals surface area contributed by atoms with E-state index in [4.69, 9.17) is 19.4 Å². The Hall–Kier alpha value is -4.63. The summed E-state index contributed by atoms with van der Waals surface area (Å²) in [5, 5.41) is 6.95. The van der Waals surface area contributed by atoms with Gasteiger partial charge in [-0.15, -0.1) is 11.3 Å². The molecule has 0 bridgehead atoms. The topological polar surface area (TPSA) is 174 Å². The lowest BCUT2D eigenvalue weighted by molar-refractivity contribution is -0.152. The lowest BCUT2D eigenvalue weighted by Gasteiger charge is -2.30. The van der Waals surface area contributed by atoms with Gasteiger partial charge in [0.15, 0.2) is 0 Å². The highest BCUT2D eigenvalue weighted by Crippen LogP contribution is 2.48. The molecule has 3 amide bonds. The maximum atomic E-state index is 15.0. The Bertz CT molecular complexity index is 2480. The molecule has 4 heterocycles. The number of allylic oxidation sites excluding steroid dienone is 1. The molecule has 3 saturated carbocycles. The van der Waals surface area contributed by atoms with E-state index < -0.39 is 73.6 Å². The molecule has 4 fully saturated rings. The third-order valence-corrected chi connectivity index (χ3v) is 16.7. The minimum Gasteiger partial charge on any atom is -0.472 e. The van der Waals surface area contributed by atoms with Gasteiger partial charge in [0, 0.05) is 45.7 Å². The van der Waals surface area contributed by atoms with E-state index in [1.807, 2.05) is 30.4 Å². The zero-order chi connectivity index (χ0) is 45.8. The summed E-state index contributed by atoms with van der Waals surface area (Å²) in [4.78, 5) is 69.1. The van der Waals surface area contributed by atoms with Crippen LogP contribution >= 0.6 is 11.3 Å². The van der Waals surface area contributed by atoms with Gasteiger partial charge >= 0.3 is 5.97 Å². The number of hydrogen-bond acceptors (Lipinski definition) is 11. The molecule has 5 aliphatic rings. The Balaban J connectivity index is 1.14. The van der Waals surface area contributed by atoms with Crippen LogP contribution in [-0.4, -0.2) is 81.6 Å². The highest BCUT2D eigenvalue weighted by molar-refractivity contribution is 7.91. The van der Waals surface area contributed by atoms with Crippen LogP contribution in [-0.2, 0) is 40.4 Å². The summed E-state index contributed by atoms with van der Waals surface area (Å²) in [6.45, 7) is 15.2. The summed E-state index contributed by atoms with van der Waals surface area (Å²) in [7, 11) is -4.01. The quantitative estimate of drug-likeness (QED) is 0.109. The average Bonchev–Trinajstić information content (AvgIpc) is 3.99. The second-order valence-electron chi connectivity index (χ2n) is 20.4. The van der Waals surface area contributed by atoms with Crippen LogP contribution in [0.3, 0.4) is 0 Å². The predicted octanol–water partition coefficient (Wildman–Crippen LogP) is 8.08. The monoisotopic (exact) mass is 913 g/mol. The summed E-state index contributed by atoms with van der Waals surface area (Å²) in [6.07, 6.45) is 11.6. The van der Waals surface area contributed by atoms with E-state index in [-0.39, 0.29) is 30.9 Å². The van der Waals surface area contributed by atoms with Gasteiger partial charge < -0.3 is 19.7 Å². The molecule has 3 aromatic rings. The molecule has 344 valence electrons. The third-order valence-electron chi connectivity index (χ3n) is 13.6. The summed E-state index contributed by atoms with van der Waals surface area (Å²) in [5.74, 6) is -2.83. The normalized spacial score (nSPS) is 26.2. The smallest absolute Gasteiger partial charge is 0.334 e. The number of sulfonamides is 1. The molecule has 15 heteroatoms. The van der Waals surface area contributed by atoms with Gasteiger partial charge in [0.05, 0.1) is 28.4 Å². The molecule has 13 nitrogen and oxygen atoms in total. The molecule has 0 spiro atoms. The zero-order valence-electron chi connectivity index (χ0n) is 38.0. The van der Waals surface area contributed by atoms with Crippen LogP contribution in [0.5, 0.6) is 5.88 Å². The van der Waals surface area contributed by atoms with Crippen molar-refractivity contribution in [3.63, 3.8) is 0 Å². The molecular formula is C49H63N5O8S2. The molecule has 8 rings (SSSR count). The fraction of sp³-hybridized carbons (Fsp3) is 0.592. The van der Waals surface area contributed by atoms with Crippen LogP contribution in [0.4, 0.5) is 0 Å². The van der Waals surface area contributed by atoms with E-state index in [1.165, 1.54) is 11.3 Å². The molecule has 2 N–H and O–H groups in total. The van der Waals surface area contributed by atoms with Crippen molar-refractivity contribution >= 4 is 56.0 Å². The SMILES string of the molecule is C=C(C(=O)OC(C)(C)C)C1CCCCCC=CC2CC2(C(=O)NS(=O)(=O)C2(C)CC2)NC(=O)C2CC(Oc3nc4c(-c5nc(C6CCC6)cs5)cccc4cc3CC(C)C)CN2C1=O. The molecule has 3 aliphatic carbocycles. The van der Waals surface area contributed by atoms with E-state index in [0.29, 0.717) is 50.3 Å². The number of para-hydroxylation sites is 1. The number of benzene rings is 1. The van der Waals surface area contributed by atoms with E-state index >= 15 is 4.79 Å². The average molecular weight is 914 g/mol. The first kappa shape index (κ1) is 45.9. The van der Waals surface area contributed by atoms with Crippen molar-refractivity contribution in [1.29, 1.82) is 0 Å². The Labute approximate surface area is 381 Å². The molecule has 1 saturated heterocycles. The van der Waals surface area contributed by atoms with Crippen molar-refractivity contribution in [3.8, 4) is 16.5 Å². The van der Waals surface area contributed by atoms with Gasteiger partial charge in [-0.05, 0) is 104 Å². The molecule has 2 aromatic heterocycles. The molecule has 2 aliphatic heterocycles. The van der Waals surface area contributed by atoms with Crippen LogP contribution in [0.2, 0.25) is 0 Å². The standard InChI is InChI=1S/C49H63N5O8S2/c1-29(2)23-33-24-32-17-14-20-37(43-50-38(28-63-43)31-15-13-16-31)40(32)51-42(33)61-35-25-39-41(55)52-49(46(58)53-64(59,60)48(7)21-22-48)26-34(49)18-11-9-8-10-12-19-36(44(56)54(39)27-35)30(3)45(57)62-47(4,5)6/h11,14,17-18,20,24,28-29,31,34-36,39H,3,8-10,12-13,15-16,19,21-23,25-27H2,1-2,4-7H3,(H,52,55)(H,53,58). The van der Waals surface area contributed by atoms with Gasteiger partial charge in [-0.3, -0.25) is 19.1 Å². The molecule has 64 heavy (non-hydrogen) atoms. The summed E-state index contributed by atoms with van der Waals surface area (Å²) in [6, 6.07) is 7.06. The number of carbonyl (C=O) groups is 4. The summed E-state index contributed by atoms with van der Waals surface area (Å²) >= 11 is 1.61. The summed E-state index contributed by atoms with van der Waals surface area (Å²) < 4.78 is 40.5. The Kier molecular flexibility index (Phi) is 12.7. The summed E-state index contributed by atoms with van der Waals surface area (Å²) in [5.41, 5.74) is 1.30. The number of nitrogens with one attached hydrogen (secondary N) is 2. The zero-order valence-corrected chi connectivity index (χ0v) is 39.7. The largest absolute Gasteiger partial charge is 0.472 e.